The summed E-state index contributed by atoms with van der Waals surface area (Å²) in [6.45, 7) is 0. The Kier molecular flexibility index (Phi) is 3.35. The molecule has 1 aliphatic heterocycles. The van der Waals surface area contributed by atoms with Crippen molar-refractivity contribution in [2.24, 2.45) is 0 Å². The Hall–Kier alpha value is -3.47. The van der Waals surface area contributed by atoms with Gasteiger partial charge in [0.2, 0.25) is 0 Å². The molecule has 2 amide bonds. The lowest BCUT2D eigenvalue weighted by molar-refractivity contribution is 0.0602. The van der Waals surface area contributed by atoms with E-state index in [-0.39, 0.29) is 11.8 Å². The molecule has 0 saturated heterocycles. The van der Waals surface area contributed by atoms with Crippen molar-refractivity contribution >= 4 is 34.2 Å². The first-order chi connectivity index (χ1) is 12.1. The highest BCUT2D eigenvalue weighted by Crippen LogP contribution is 2.31. The van der Waals surface area contributed by atoms with E-state index in [4.69, 9.17) is 4.74 Å². The lowest BCUT2D eigenvalue weighted by atomic mass is 10.0. The van der Waals surface area contributed by atoms with Crippen LogP contribution >= 0.6 is 0 Å². The second-order valence-electron chi connectivity index (χ2n) is 5.69. The lowest BCUT2D eigenvalue weighted by Gasteiger charge is -2.15. The number of rotatable bonds is 2. The van der Waals surface area contributed by atoms with Gasteiger partial charge in [0.1, 0.15) is 0 Å². The molecule has 1 heterocycles. The van der Waals surface area contributed by atoms with E-state index >= 15 is 0 Å². The topological polar surface area (TPSA) is 63.7 Å². The second-order valence-corrected chi connectivity index (χ2v) is 5.69. The zero-order valence-corrected chi connectivity index (χ0v) is 13.4. The summed E-state index contributed by atoms with van der Waals surface area (Å²) in [5, 5.41) is 1.45. The van der Waals surface area contributed by atoms with Gasteiger partial charge in [0.15, 0.2) is 0 Å². The van der Waals surface area contributed by atoms with Crippen molar-refractivity contribution < 1.29 is 19.1 Å². The van der Waals surface area contributed by atoms with Crippen molar-refractivity contribution in [1.29, 1.82) is 0 Å². The molecule has 0 radical (unpaired) electrons. The van der Waals surface area contributed by atoms with Crippen LogP contribution in [0.3, 0.4) is 0 Å². The maximum atomic E-state index is 12.6. The molecule has 0 atom stereocenters. The number of imide groups is 1. The van der Waals surface area contributed by atoms with Crippen molar-refractivity contribution in [1.82, 2.24) is 0 Å². The molecule has 0 aliphatic carbocycles. The van der Waals surface area contributed by atoms with Crippen LogP contribution in [0.1, 0.15) is 31.1 Å². The van der Waals surface area contributed by atoms with Crippen LogP contribution in [0.5, 0.6) is 0 Å². The number of ether oxygens (including phenoxy) is 1. The number of fused-ring (bicyclic) bond motifs is 2. The summed E-state index contributed by atoms with van der Waals surface area (Å²) in [5.74, 6) is -1.12. The molecule has 3 aromatic rings. The highest BCUT2D eigenvalue weighted by Gasteiger charge is 2.36. The van der Waals surface area contributed by atoms with Crippen molar-refractivity contribution in [3.8, 4) is 0 Å². The van der Waals surface area contributed by atoms with Gasteiger partial charge in [0.05, 0.1) is 29.5 Å². The van der Waals surface area contributed by atoms with Crippen LogP contribution in [-0.4, -0.2) is 24.9 Å². The SMILES string of the molecule is COC(=O)c1cccc2cc(N3C(=O)c4ccccc4C3=O)ccc12. The minimum Gasteiger partial charge on any atom is -0.465 e. The van der Waals surface area contributed by atoms with E-state index in [1.165, 1.54) is 7.11 Å². The van der Waals surface area contributed by atoms with Crippen LogP contribution < -0.4 is 4.90 Å². The Morgan fingerprint density at radius 3 is 2.20 bits per heavy atom. The Bertz CT molecular complexity index is 1020. The second kappa shape index (κ2) is 5.56. The number of carbonyl (C=O) groups excluding carboxylic acids is 3. The van der Waals surface area contributed by atoms with Gasteiger partial charge in [-0.2, -0.15) is 0 Å². The fourth-order valence-corrected chi connectivity index (χ4v) is 3.12. The van der Waals surface area contributed by atoms with E-state index in [1.54, 1.807) is 54.6 Å². The zero-order valence-electron chi connectivity index (χ0n) is 13.4. The number of esters is 1. The summed E-state index contributed by atoms with van der Waals surface area (Å²) in [6, 6.07) is 17.1. The van der Waals surface area contributed by atoms with Crippen LogP contribution in [-0.2, 0) is 4.74 Å². The summed E-state index contributed by atoms with van der Waals surface area (Å²) in [7, 11) is 1.33. The fourth-order valence-electron chi connectivity index (χ4n) is 3.12. The molecule has 4 rings (SSSR count). The smallest absolute Gasteiger partial charge is 0.338 e. The van der Waals surface area contributed by atoms with Crippen LogP contribution in [0, 0.1) is 0 Å². The first kappa shape index (κ1) is 15.1. The Labute approximate surface area is 143 Å². The standard InChI is InChI=1S/C20H13NO4/c1-25-20(24)17-8-4-5-12-11-13(9-10-14(12)17)21-18(22)15-6-2-3-7-16(15)19(21)23/h2-11H,1H3. The summed E-state index contributed by atoms with van der Waals surface area (Å²) in [6.07, 6.45) is 0. The molecule has 3 aromatic carbocycles. The van der Waals surface area contributed by atoms with E-state index in [0.29, 0.717) is 27.8 Å². The number of hydrogen-bond acceptors (Lipinski definition) is 4. The average molecular weight is 331 g/mol. The molecule has 122 valence electrons. The molecule has 0 fully saturated rings. The van der Waals surface area contributed by atoms with E-state index < -0.39 is 5.97 Å². The molecule has 0 saturated carbocycles. The van der Waals surface area contributed by atoms with Gasteiger partial charge in [-0.1, -0.05) is 30.3 Å². The number of carbonyl (C=O) groups is 3. The van der Waals surface area contributed by atoms with E-state index in [0.717, 1.165) is 10.3 Å². The van der Waals surface area contributed by atoms with Crippen LogP contribution in [0.25, 0.3) is 10.8 Å². The predicted molar refractivity (Wildman–Crippen MR) is 92.9 cm³/mol. The van der Waals surface area contributed by atoms with Crippen molar-refractivity contribution in [2.75, 3.05) is 12.0 Å². The van der Waals surface area contributed by atoms with Gasteiger partial charge in [-0.25, -0.2) is 9.69 Å². The third kappa shape index (κ3) is 2.21. The van der Waals surface area contributed by atoms with Gasteiger partial charge in [-0.15, -0.1) is 0 Å². The maximum Gasteiger partial charge on any atom is 0.338 e. The molecule has 0 spiro atoms. The molecule has 0 unspecified atom stereocenters. The Morgan fingerprint density at radius 1 is 0.880 bits per heavy atom. The number of nitrogens with zero attached hydrogens (tertiary/aromatic N) is 1. The molecule has 5 heteroatoms. The molecule has 5 nitrogen and oxygen atoms in total. The molecule has 0 aromatic heterocycles. The quantitative estimate of drug-likeness (QED) is 0.533. The monoisotopic (exact) mass is 331 g/mol. The Balaban J connectivity index is 1.83. The highest BCUT2D eigenvalue weighted by atomic mass is 16.5. The van der Waals surface area contributed by atoms with Gasteiger partial charge in [0.25, 0.3) is 11.8 Å². The molecule has 1 aliphatic rings. The van der Waals surface area contributed by atoms with Gasteiger partial charge < -0.3 is 4.74 Å². The number of amides is 2. The largest absolute Gasteiger partial charge is 0.465 e. The molecule has 0 bridgehead atoms. The Morgan fingerprint density at radius 2 is 1.56 bits per heavy atom. The normalized spacial score (nSPS) is 13.2. The number of benzene rings is 3. The van der Waals surface area contributed by atoms with Gasteiger partial charge in [-0.05, 0) is 41.1 Å². The van der Waals surface area contributed by atoms with Gasteiger partial charge in [-0.3, -0.25) is 9.59 Å². The third-order valence-electron chi connectivity index (χ3n) is 4.32. The van der Waals surface area contributed by atoms with Crippen molar-refractivity contribution in [2.45, 2.75) is 0 Å². The van der Waals surface area contributed by atoms with Crippen molar-refractivity contribution in [3.05, 3.63) is 77.4 Å². The minimum absolute atomic E-state index is 0.343. The summed E-state index contributed by atoms with van der Waals surface area (Å²) >= 11 is 0. The zero-order chi connectivity index (χ0) is 17.6. The molecular weight excluding hydrogens is 318 g/mol. The molecule has 0 N–H and O–H groups in total. The molecular formula is C20H13NO4. The van der Waals surface area contributed by atoms with Gasteiger partial charge >= 0.3 is 5.97 Å². The molecule has 25 heavy (non-hydrogen) atoms. The predicted octanol–water partition coefficient (Wildman–Crippen LogP) is 3.43. The lowest BCUT2D eigenvalue weighted by Crippen LogP contribution is -2.29. The number of anilines is 1. The maximum absolute atomic E-state index is 12.6. The van der Waals surface area contributed by atoms with E-state index in [2.05, 4.69) is 0 Å². The van der Waals surface area contributed by atoms with E-state index in [1.807, 2.05) is 6.07 Å². The number of hydrogen-bond donors (Lipinski definition) is 0. The number of methoxy groups -OCH3 is 1. The summed E-state index contributed by atoms with van der Waals surface area (Å²) in [5.41, 5.74) is 1.71. The van der Waals surface area contributed by atoms with Crippen LogP contribution in [0.15, 0.2) is 60.7 Å². The average Bonchev–Trinajstić information content (AvgIpc) is 2.91. The first-order valence-electron chi connectivity index (χ1n) is 7.70. The highest BCUT2D eigenvalue weighted by molar-refractivity contribution is 6.34. The van der Waals surface area contributed by atoms with Crippen molar-refractivity contribution in [3.63, 3.8) is 0 Å². The van der Waals surface area contributed by atoms with Gasteiger partial charge in [0, 0.05) is 0 Å². The minimum atomic E-state index is -0.431. The fraction of sp³-hybridized carbons (Fsp3) is 0.0500. The summed E-state index contributed by atoms with van der Waals surface area (Å²) < 4.78 is 4.79. The third-order valence-corrected chi connectivity index (χ3v) is 4.32. The van der Waals surface area contributed by atoms with Crippen LogP contribution in [0.2, 0.25) is 0 Å². The van der Waals surface area contributed by atoms with E-state index in [9.17, 15) is 14.4 Å². The summed E-state index contributed by atoms with van der Waals surface area (Å²) in [4.78, 5) is 38.2. The van der Waals surface area contributed by atoms with Crippen LogP contribution in [0.4, 0.5) is 5.69 Å². The first-order valence-corrected chi connectivity index (χ1v) is 7.70.